The lowest BCUT2D eigenvalue weighted by Crippen LogP contribution is -2.40. The maximum absolute atomic E-state index is 12.1. The van der Waals surface area contributed by atoms with Crippen molar-refractivity contribution in [1.29, 1.82) is 0 Å². The van der Waals surface area contributed by atoms with Crippen LogP contribution in [0.3, 0.4) is 0 Å². The summed E-state index contributed by atoms with van der Waals surface area (Å²) < 4.78 is 4.84. The average Bonchev–Trinajstić information content (AvgIpc) is 2.80. The van der Waals surface area contributed by atoms with E-state index in [0.717, 1.165) is 12.8 Å². The summed E-state index contributed by atoms with van der Waals surface area (Å²) in [5.74, 6) is 0.294. The van der Waals surface area contributed by atoms with Gasteiger partial charge in [-0.2, -0.15) is 0 Å². The molecule has 0 aliphatic carbocycles. The van der Waals surface area contributed by atoms with E-state index in [1.165, 1.54) is 4.90 Å². The number of nitrogens with one attached hydrogen (secondary N) is 1. The highest BCUT2D eigenvalue weighted by atomic mass is 16.5. The number of nitrogens with two attached hydrogens (primary N) is 1. The molecule has 0 saturated heterocycles. The van der Waals surface area contributed by atoms with E-state index in [-0.39, 0.29) is 24.3 Å². The first-order valence-corrected chi connectivity index (χ1v) is 6.66. The smallest absolute Gasteiger partial charge is 0.245 e. The molecular weight excluding hydrogens is 260 g/mol. The fourth-order valence-corrected chi connectivity index (χ4v) is 1.90. The van der Waals surface area contributed by atoms with E-state index < -0.39 is 0 Å². The van der Waals surface area contributed by atoms with Gasteiger partial charge in [0.1, 0.15) is 5.76 Å². The Morgan fingerprint density at radius 3 is 2.75 bits per heavy atom. The number of hydrogen-bond acceptors (Lipinski definition) is 5. The number of carbonyl (C=O) groups excluding carboxylic acids is 2. The average molecular weight is 282 g/mol. The number of carbonyl (C=O) groups is 2. The molecule has 20 heavy (non-hydrogen) atoms. The number of rotatable bonds is 7. The van der Waals surface area contributed by atoms with E-state index in [1.807, 2.05) is 6.92 Å². The summed E-state index contributed by atoms with van der Waals surface area (Å²) in [4.78, 5) is 25.3. The third-order valence-electron chi connectivity index (χ3n) is 2.92. The Morgan fingerprint density at radius 1 is 1.55 bits per heavy atom. The van der Waals surface area contributed by atoms with Crippen LogP contribution in [-0.2, 0) is 9.59 Å². The number of hydrogen-bond donors (Lipinski definition) is 2. The Kier molecular flexibility index (Phi) is 6.17. The predicted octanol–water partition coefficient (Wildman–Crippen LogP) is 0.755. The van der Waals surface area contributed by atoms with Gasteiger partial charge in [-0.1, -0.05) is 18.5 Å². The second kappa shape index (κ2) is 7.64. The summed E-state index contributed by atoms with van der Waals surface area (Å²) in [7, 11) is 1.59. The van der Waals surface area contributed by atoms with Gasteiger partial charge < -0.3 is 20.5 Å². The minimum atomic E-state index is -0.318. The van der Waals surface area contributed by atoms with Crippen molar-refractivity contribution in [2.24, 2.45) is 11.7 Å². The molecule has 0 spiro atoms. The minimum Gasteiger partial charge on any atom is -0.360 e. The molecule has 112 valence electrons. The van der Waals surface area contributed by atoms with Crippen molar-refractivity contribution in [1.82, 2.24) is 10.1 Å². The summed E-state index contributed by atoms with van der Waals surface area (Å²) in [5, 5.41) is 6.23. The van der Waals surface area contributed by atoms with Crippen LogP contribution in [0.4, 0.5) is 5.82 Å². The van der Waals surface area contributed by atoms with E-state index in [1.54, 1.807) is 20.0 Å². The molecule has 0 aliphatic rings. The lowest BCUT2D eigenvalue weighted by molar-refractivity contribution is -0.136. The lowest BCUT2D eigenvalue weighted by atomic mass is 10.0. The van der Waals surface area contributed by atoms with Crippen molar-refractivity contribution in [2.75, 3.05) is 25.5 Å². The first-order valence-electron chi connectivity index (χ1n) is 6.66. The molecule has 7 nitrogen and oxygen atoms in total. The van der Waals surface area contributed by atoms with Crippen molar-refractivity contribution >= 4 is 17.6 Å². The maximum atomic E-state index is 12.1. The summed E-state index contributed by atoms with van der Waals surface area (Å²) in [6, 6.07) is 1.61. The Hall–Kier alpha value is -1.89. The molecule has 7 heteroatoms. The Balaban J connectivity index is 2.50. The quantitative estimate of drug-likeness (QED) is 0.768. The zero-order chi connectivity index (χ0) is 15.1. The number of likely N-dealkylation sites (N-methyl/N-ethyl adjacent to an activating group) is 1. The van der Waals surface area contributed by atoms with E-state index in [4.69, 9.17) is 10.3 Å². The highest BCUT2D eigenvalue weighted by Crippen LogP contribution is 2.09. The van der Waals surface area contributed by atoms with Crippen LogP contribution in [0.2, 0.25) is 0 Å². The van der Waals surface area contributed by atoms with Crippen molar-refractivity contribution in [3.05, 3.63) is 11.8 Å². The van der Waals surface area contributed by atoms with Crippen LogP contribution in [0, 0.1) is 12.8 Å². The zero-order valence-electron chi connectivity index (χ0n) is 12.2. The normalized spacial score (nSPS) is 12.0. The molecule has 1 unspecified atom stereocenters. The van der Waals surface area contributed by atoms with E-state index >= 15 is 0 Å². The molecule has 0 radical (unpaired) electrons. The topological polar surface area (TPSA) is 101 Å². The molecular formula is C13H22N4O3. The van der Waals surface area contributed by atoms with Gasteiger partial charge in [-0.25, -0.2) is 0 Å². The molecule has 0 fully saturated rings. The Morgan fingerprint density at radius 2 is 2.25 bits per heavy atom. The second-order valence-electron chi connectivity index (χ2n) is 4.79. The molecule has 1 heterocycles. The van der Waals surface area contributed by atoms with Crippen LogP contribution in [-0.4, -0.2) is 42.0 Å². The number of nitrogens with zero attached hydrogens (tertiary/aromatic N) is 2. The molecule has 1 aromatic rings. The van der Waals surface area contributed by atoms with Gasteiger partial charge in [-0.15, -0.1) is 0 Å². The number of aryl methyl sites for hydroxylation is 1. The fourth-order valence-electron chi connectivity index (χ4n) is 1.90. The first-order chi connectivity index (χ1) is 9.47. The standard InChI is InChI=1S/C13H22N4O3/c1-4-5-10(7-14)13(19)17(3)8-12(18)15-11-6-9(2)20-16-11/h6,10H,4-5,7-8,14H2,1-3H3,(H,15,16,18). The van der Waals surface area contributed by atoms with Gasteiger partial charge in [0.05, 0.1) is 12.5 Å². The molecule has 2 amide bonds. The summed E-state index contributed by atoms with van der Waals surface area (Å²) in [6.07, 6.45) is 1.61. The molecule has 0 bridgehead atoms. The highest BCUT2D eigenvalue weighted by molar-refractivity contribution is 5.94. The molecule has 0 saturated carbocycles. The first kappa shape index (κ1) is 16.2. The van der Waals surface area contributed by atoms with E-state index in [0.29, 0.717) is 18.1 Å². The number of aromatic nitrogens is 1. The second-order valence-corrected chi connectivity index (χ2v) is 4.79. The van der Waals surface area contributed by atoms with Gasteiger partial charge in [-0.05, 0) is 13.3 Å². The number of anilines is 1. The molecule has 0 aliphatic heterocycles. The summed E-state index contributed by atoms with van der Waals surface area (Å²) >= 11 is 0. The molecule has 3 N–H and O–H groups in total. The van der Waals surface area contributed by atoms with Crippen LogP contribution in [0.25, 0.3) is 0 Å². The van der Waals surface area contributed by atoms with Gasteiger partial charge in [0.15, 0.2) is 5.82 Å². The molecule has 1 aromatic heterocycles. The fraction of sp³-hybridized carbons (Fsp3) is 0.615. The minimum absolute atomic E-state index is 0.0368. The van der Waals surface area contributed by atoms with E-state index in [2.05, 4.69) is 10.5 Å². The monoisotopic (exact) mass is 282 g/mol. The van der Waals surface area contributed by atoms with Crippen LogP contribution >= 0.6 is 0 Å². The van der Waals surface area contributed by atoms with Gasteiger partial charge in [0.2, 0.25) is 11.8 Å². The largest absolute Gasteiger partial charge is 0.360 e. The maximum Gasteiger partial charge on any atom is 0.245 e. The van der Waals surface area contributed by atoms with Gasteiger partial charge in [0, 0.05) is 19.7 Å². The third kappa shape index (κ3) is 4.65. The van der Waals surface area contributed by atoms with Crippen LogP contribution in [0.5, 0.6) is 0 Å². The number of amides is 2. The molecule has 0 aromatic carbocycles. The van der Waals surface area contributed by atoms with Crippen molar-refractivity contribution in [3.8, 4) is 0 Å². The summed E-state index contributed by atoms with van der Waals surface area (Å²) in [5.41, 5.74) is 5.58. The van der Waals surface area contributed by atoms with Gasteiger partial charge >= 0.3 is 0 Å². The lowest BCUT2D eigenvalue weighted by Gasteiger charge is -2.21. The van der Waals surface area contributed by atoms with Crippen LogP contribution in [0.1, 0.15) is 25.5 Å². The molecule has 1 atom stereocenters. The molecule has 1 rings (SSSR count). The van der Waals surface area contributed by atoms with Gasteiger partial charge in [-0.3, -0.25) is 9.59 Å². The Labute approximate surface area is 118 Å². The summed E-state index contributed by atoms with van der Waals surface area (Å²) in [6.45, 7) is 3.98. The van der Waals surface area contributed by atoms with Gasteiger partial charge in [0.25, 0.3) is 0 Å². The van der Waals surface area contributed by atoms with Crippen molar-refractivity contribution in [3.63, 3.8) is 0 Å². The van der Waals surface area contributed by atoms with E-state index in [9.17, 15) is 9.59 Å². The SMILES string of the molecule is CCCC(CN)C(=O)N(C)CC(=O)Nc1cc(C)on1. The zero-order valence-corrected chi connectivity index (χ0v) is 12.2. The van der Waals surface area contributed by atoms with Crippen LogP contribution < -0.4 is 11.1 Å². The highest BCUT2D eigenvalue weighted by Gasteiger charge is 2.21. The Bertz CT molecular complexity index is 458. The van der Waals surface area contributed by atoms with Crippen molar-refractivity contribution in [2.45, 2.75) is 26.7 Å². The van der Waals surface area contributed by atoms with Crippen molar-refractivity contribution < 1.29 is 14.1 Å². The third-order valence-corrected chi connectivity index (χ3v) is 2.92. The van der Waals surface area contributed by atoms with Crippen LogP contribution in [0.15, 0.2) is 10.6 Å². The predicted molar refractivity (Wildman–Crippen MR) is 75.0 cm³/mol.